The molecule has 0 aliphatic heterocycles. The van der Waals surface area contributed by atoms with Gasteiger partial charge in [-0.15, -0.1) is 0 Å². The Bertz CT molecular complexity index is 1910. The van der Waals surface area contributed by atoms with E-state index in [0.717, 1.165) is 102 Å². The summed E-state index contributed by atoms with van der Waals surface area (Å²) in [5, 5.41) is 10.6. The SMILES string of the molecule is CCCCCCCCCCCCCCCCCCCCCCC(=O)O[C@H](COC(=O)CCCCCCCCCCCCCCC(C)C)COP(=O)(O)OC[C@@H](O)COP(=O)(O)OC[C@@H](COC(=O)CCCCCCCCCCCCC)OC(=O)CCCCCCCCCCCCC(C)C. The van der Waals surface area contributed by atoms with Crippen LogP contribution in [-0.2, 0) is 65.4 Å². The van der Waals surface area contributed by atoms with Crippen molar-refractivity contribution in [2.24, 2.45) is 11.8 Å². The zero-order valence-electron chi connectivity index (χ0n) is 64.8. The summed E-state index contributed by atoms with van der Waals surface area (Å²) in [6.45, 7) is 9.63. The van der Waals surface area contributed by atoms with Crippen LogP contribution >= 0.6 is 15.6 Å². The molecule has 0 spiro atoms. The highest BCUT2D eigenvalue weighted by Gasteiger charge is 2.30. The molecule has 5 atom stereocenters. The second-order valence-electron chi connectivity index (χ2n) is 29.8. The van der Waals surface area contributed by atoms with E-state index in [1.54, 1.807) is 0 Å². The first-order valence-corrected chi connectivity index (χ1v) is 44.5. The molecular formula is C80H156O17P2. The number of aliphatic hydroxyl groups excluding tert-OH is 1. The largest absolute Gasteiger partial charge is 0.472 e. The first kappa shape index (κ1) is 97.1. The fourth-order valence-electron chi connectivity index (χ4n) is 12.4. The van der Waals surface area contributed by atoms with Crippen LogP contribution in [0.15, 0.2) is 0 Å². The van der Waals surface area contributed by atoms with Gasteiger partial charge in [0, 0.05) is 25.7 Å². The van der Waals surface area contributed by atoms with Crippen LogP contribution in [0.5, 0.6) is 0 Å². The maximum atomic E-state index is 13.1. The Morgan fingerprint density at radius 2 is 0.465 bits per heavy atom. The molecule has 0 saturated heterocycles. The first-order chi connectivity index (χ1) is 47.9. The standard InChI is InChI=1S/C80H156O17P2/c1-7-9-11-13-15-17-19-20-21-22-23-24-25-26-27-33-40-46-52-58-64-79(84)96-75(69-91-78(83)63-57-51-45-39-32-29-28-31-36-42-48-54-60-72(3)4)70-94-98(86,87)92-66-74(81)67-93-99(88,89)95-71-76(68-90-77(82)62-56-50-44-38-30-18-16-14-12-10-8-2)97-80(85)65-59-53-47-41-35-34-37-43-49-55-61-73(5)6/h72-76,81H,7-71H2,1-6H3,(H,86,87)(H,88,89)/t74-,75-,76-/m1/s1. The van der Waals surface area contributed by atoms with Gasteiger partial charge in [-0.3, -0.25) is 37.3 Å². The normalized spacial score (nSPS) is 13.9. The van der Waals surface area contributed by atoms with Gasteiger partial charge in [0.05, 0.1) is 26.4 Å². The number of phosphoric ester groups is 2. The summed E-state index contributed by atoms with van der Waals surface area (Å²) < 4.78 is 68.7. The molecule has 0 amide bonds. The van der Waals surface area contributed by atoms with Crippen molar-refractivity contribution in [1.29, 1.82) is 0 Å². The molecule has 0 radical (unpaired) electrons. The van der Waals surface area contributed by atoms with E-state index in [4.69, 9.17) is 37.0 Å². The van der Waals surface area contributed by atoms with E-state index in [1.807, 2.05) is 0 Å². The van der Waals surface area contributed by atoms with Gasteiger partial charge in [-0.2, -0.15) is 0 Å². The highest BCUT2D eigenvalue weighted by atomic mass is 31.2. The Labute approximate surface area is 607 Å². The number of rotatable bonds is 79. The Hall–Kier alpha value is -1.94. The molecule has 17 nitrogen and oxygen atoms in total. The minimum atomic E-state index is -4.96. The molecule has 19 heteroatoms. The summed E-state index contributed by atoms with van der Waals surface area (Å²) in [5.41, 5.74) is 0. The van der Waals surface area contributed by atoms with Gasteiger partial charge in [0.1, 0.15) is 19.3 Å². The van der Waals surface area contributed by atoms with Crippen molar-refractivity contribution < 1.29 is 80.2 Å². The van der Waals surface area contributed by atoms with E-state index >= 15 is 0 Å². The molecule has 0 aromatic carbocycles. The third-order valence-electron chi connectivity index (χ3n) is 18.7. The lowest BCUT2D eigenvalue weighted by Crippen LogP contribution is -2.30. The lowest BCUT2D eigenvalue weighted by atomic mass is 10.0. The monoisotopic (exact) mass is 1450 g/mol. The fraction of sp³-hybridized carbons (Fsp3) is 0.950. The second-order valence-corrected chi connectivity index (χ2v) is 32.7. The molecule has 2 unspecified atom stereocenters. The number of hydrogen-bond acceptors (Lipinski definition) is 15. The Balaban J connectivity index is 5.24. The number of carbonyl (C=O) groups is 4. The lowest BCUT2D eigenvalue weighted by molar-refractivity contribution is -0.161. The highest BCUT2D eigenvalue weighted by Crippen LogP contribution is 2.45. The maximum Gasteiger partial charge on any atom is 0.472 e. The summed E-state index contributed by atoms with van der Waals surface area (Å²) in [6.07, 6.45) is 61.0. The molecule has 3 N–H and O–H groups in total. The molecule has 0 aliphatic rings. The van der Waals surface area contributed by atoms with E-state index in [-0.39, 0.29) is 25.7 Å². The Morgan fingerprint density at radius 1 is 0.273 bits per heavy atom. The minimum absolute atomic E-state index is 0.106. The van der Waals surface area contributed by atoms with Crippen LogP contribution < -0.4 is 0 Å². The predicted octanol–water partition coefficient (Wildman–Crippen LogP) is 23.9. The second kappa shape index (κ2) is 71.7. The van der Waals surface area contributed by atoms with E-state index in [2.05, 4.69) is 41.5 Å². The molecule has 0 bridgehead atoms. The molecule has 0 saturated carbocycles. The third kappa shape index (κ3) is 74.1. The molecule has 0 aliphatic carbocycles. The van der Waals surface area contributed by atoms with Crippen molar-refractivity contribution in [3.8, 4) is 0 Å². The molecule has 99 heavy (non-hydrogen) atoms. The van der Waals surface area contributed by atoms with Gasteiger partial charge in [-0.25, -0.2) is 9.13 Å². The summed E-state index contributed by atoms with van der Waals surface area (Å²) in [7, 11) is -9.92. The van der Waals surface area contributed by atoms with Gasteiger partial charge < -0.3 is 33.8 Å². The molecule has 588 valence electrons. The molecule has 0 aromatic heterocycles. The summed E-state index contributed by atoms with van der Waals surface area (Å²) in [5.74, 6) is -0.576. The van der Waals surface area contributed by atoms with Crippen LogP contribution in [0.3, 0.4) is 0 Å². The van der Waals surface area contributed by atoms with E-state index in [1.165, 1.54) is 238 Å². The van der Waals surface area contributed by atoms with Gasteiger partial charge >= 0.3 is 39.5 Å². The van der Waals surface area contributed by atoms with E-state index in [0.29, 0.717) is 25.7 Å². The van der Waals surface area contributed by atoms with Crippen LogP contribution in [0.1, 0.15) is 420 Å². The molecule has 0 rings (SSSR count). The number of phosphoric acid groups is 2. The summed E-state index contributed by atoms with van der Waals surface area (Å²) in [6, 6.07) is 0. The molecule has 0 fully saturated rings. The van der Waals surface area contributed by atoms with Crippen LogP contribution in [0.25, 0.3) is 0 Å². The van der Waals surface area contributed by atoms with Crippen molar-refractivity contribution in [1.82, 2.24) is 0 Å². The van der Waals surface area contributed by atoms with E-state index in [9.17, 15) is 43.2 Å². The fourth-order valence-corrected chi connectivity index (χ4v) is 13.9. The number of carbonyl (C=O) groups excluding carboxylic acids is 4. The quantitative estimate of drug-likeness (QED) is 0.0222. The van der Waals surface area contributed by atoms with E-state index < -0.39 is 97.5 Å². The Kier molecular flexibility index (Phi) is 70.3. The highest BCUT2D eigenvalue weighted by molar-refractivity contribution is 7.47. The molecular weight excluding hydrogens is 1290 g/mol. The maximum absolute atomic E-state index is 13.1. The summed E-state index contributed by atoms with van der Waals surface area (Å²) >= 11 is 0. The van der Waals surface area contributed by atoms with Crippen molar-refractivity contribution in [2.45, 2.75) is 439 Å². The number of ether oxygens (including phenoxy) is 4. The van der Waals surface area contributed by atoms with Crippen LogP contribution in [0.4, 0.5) is 0 Å². The van der Waals surface area contributed by atoms with Gasteiger partial charge in [0.25, 0.3) is 0 Å². The average Bonchev–Trinajstić information content (AvgIpc) is 1.02. The lowest BCUT2D eigenvalue weighted by Gasteiger charge is -2.21. The zero-order chi connectivity index (χ0) is 72.8. The van der Waals surface area contributed by atoms with Crippen LogP contribution in [0, 0.1) is 11.8 Å². The van der Waals surface area contributed by atoms with Crippen LogP contribution in [-0.4, -0.2) is 96.7 Å². The van der Waals surface area contributed by atoms with Gasteiger partial charge in [-0.1, -0.05) is 369 Å². The van der Waals surface area contributed by atoms with Crippen molar-refractivity contribution >= 4 is 39.5 Å². The van der Waals surface area contributed by atoms with Crippen molar-refractivity contribution in [3.63, 3.8) is 0 Å². The Morgan fingerprint density at radius 3 is 0.687 bits per heavy atom. The minimum Gasteiger partial charge on any atom is -0.462 e. The summed E-state index contributed by atoms with van der Waals surface area (Å²) in [4.78, 5) is 73.0. The van der Waals surface area contributed by atoms with Crippen molar-refractivity contribution in [3.05, 3.63) is 0 Å². The van der Waals surface area contributed by atoms with Gasteiger partial charge in [-0.05, 0) is 37.5 Å². The van der Waals surface area contributed by atoms with Gasteiger partial charge in [0.15, 0.2) is 12.2 Å². The molecule has 0 heterocycles. The number of unbranched alkanes of at least 4 members (excludes halogenated alkanes) is 49. The zero-order valence-corrected chi connectivity index (χ0v) is 66.6. The third-order valence-corrected chi connectivity index (χ3v) is 20.6. The number of hydrogen-bond donors (Lipinski definition) is 3. The average molecular weight is 1450 g/mol. The predicted molar refractivity (Wildman–Crippen MR) is 405 cm³/mol. The van der Waals surface area contributed by atoms with Gasteiger partial charge in [0.2, 0.25) is 0 Å². The number of aliphatic hydroxyl groups is 1. The number of esters is 4. The van der Waals surface area contributed by atoms with Crippen molar-refractivity contribution in [2.75, 3.05) is 39.6 Å². The first-order valence-electron chi connectivity index (χ1n) is 41.5. The molecule has 0 aromatic rings. The van der Waals surface area contributed by atoms with Crippen LogP contribution in [0.2, 0.25) is 0 Å². The smallest absolute Gasteiger partial charge is 0.462 e. The topological polar surface area (TPSA) is 237 Å².